The van der Waals surface area contributed by atoms with E-state index in [0.29, 0.717) is 11.5 Å². The average molecular weight is 198 g/mol. The fourth-order valence-electron chi connectivity index (χ4n) is 1.63. The molecule has 14 heavy (non-hydrogen) atoms. The number of esters is 1. The standard InChI is InChI=1S/C11H18O3/c1-8-4-5-14-10(6-8)7-9(2)11(12)13-3/h7-8,10H,4-6H2,1-3H3/b9-7+/t8-,10-/m0/s1. The van der Waals surface area contributed by atoms with Gasteiger partial charge in [-0.25, -0.2) is 4.79 Å². The van der Waals surface area contributed by atoms with E-state index in [2.05, 4.69) is 11.7 Å². The van der Waals surface area contributed by atoms with Crippen LogP contribution in [0, 0.1) is 5.92 Å². The molecule has 1 rings (SSSR count). The van der Waals surface area contributed by atoms with E-state index in [1.165, 1.54) is 7.11 Å². The maximum Gasteiger partial charge on any atom is 0.333 e. The number of hydrogen-bond donors (Lipinski definition) is 0. The zero-order valence-electron chi connectivity index (χ0n) is 9.08. The number of hydrogen-bond acceptors (Lipinski definition) is 3. The number of ether oxygens (including phenoxy) is 2. The van der Waals surface area contributed by atoms with Crippen molar-refractivity contribution in [3.63, 3.8) is 0 Å². The highest BCUT2D eigenvalue weighted by Gasteiger charge is 2.18. The number of carbonyl (C=O) groups excluding carboxylic acids is 1. The lowest BCUT2D eigenvalue weighted by Crippen LogP contribution is -2.23. The van der Waals surface area contributed by atoms with Crippen molar-refractivity contribution in [2.75, 3.05) is 13.7 Å². The second kappa shape index (κ2) is 5.15. The van der Waals surface area contributed by atoms with Crippen molar-refractivity contribution in [1.29, 1.82) is 0 Å². The summed E-state index contributed by atoms with van der Waals surface area (Å²) < 4.78 is 10.1. The summed E-state index contributed by atoms with van der Waals surface area (Å²) in [6.45, 7) is 4.75. The molecule has 3 nitrogen and oxygen atoms in total. The van der Waals surface area contributed by atoms with Gasteiger partial charge in [0, 0.05) is 12.2 Å². The number of rotatable bonds is 2. The van der Waals surface area contributed by atoms with Gasteiger partial charge in [-0.1, -0.05) is 6.92 Å². The van der Waals surface area contributed by atoms with Crippen LogP contribution in [0.3, 0.4) is 0 Å². The van der Waals surface area contributed by atoms with Crippen molar-refractivity contribution in [1.82, 2.24) is 0 Å². The molecule has 3 heteroatoms. The van der Waals surface area contributed by atoms with E-state index in [9.17, 15) is 4.79 Å². The second-order valence-corrected chi connectivity index (χ2v) is 3.88. The van der Waals surface area contributed by atoms with E-state index in [1.54, 1.807) is 6.92 Å². The highest BCUT2D eigenvalue weighted by atomic mass is 16.5. The van der Waals surface area contributed by atoms with Crippen molar-refractivity contribution in [3.05, 3.63) is 11.6 Å². The first-order valence-electron chi connectivity index (χ1n) is 5.01. The molecule has 80 valence electrons. The van der Waals surface area contributed by atoms with Crippen molar-refractivity contribution >= 4 is 5.97 Å². The number of carbonyl (C=O) groups is 1. The third kappa shape index (κ3) is 3.14. The monoisotopic (exact) mass is 198 g/mol. The van der Waals surface area contributed by atoms with Crippen LogP contribution in [-0.4, -0.2) is 25.8 Å². The Morgan fingerprint density at radius 2 is 2.29 bits per heavy atom. The Kier molecular flexibility index (Phi) is 4.14. The summed E-state index contributed by atoms with van der Waals surface area (Å²) in [4.78, 5) is 11.1. The lowest BCUT2D eigenvalue weighted by Gasteiger charge is -2.25. The van der Waals surface area contributed by atoms with Crippen LogP contribution in [0.25, 0.3) is 0 Å². The first-order chi connectivity index (χ1) is 6.63. The minimum absolute atomic E-state index is 0.0813. The minimum Gasteiger partial charge on any atom is -0.466 e. The molecule has 0 radical (unpaired) electrons. The SMILES string of the molecule is COC(=O)/C(C)=C/[C@@H]1C[C@@H](C)CCO1. The lowest BCUT2D eigenvalue weighted by molar-refractivity contribution is -0.136. The van der Waals surface area contributed by atoms with E-state index >= 15 is 0 Å². The van der Waals surface area contributed by atoms with E-state index in [-0.39, 0.29) is 12.1 Å². The summed E-state index contributed by atoms with van der Waals surface area (Å²) in [5.74, 6) is 0.405. The molecule has 0 N–H and O–H groups in total. The molecule has 1 aliphatic rings. The highest BCUT2D eigenvalue weighted by Crippen LogP contribution is 2.21. The van der Waals surface area contributed by atoms with Crippen molar-refractivity contribution in [3.8, 4) is 0 Å². The molecule has 2 atom stereocenters. The van der Waals surface area contributed by atoms with Crippen LogP contribution in [-0.2, 0) is 14.3 Å². The summed E-state index contributed by atoms with van der Waals surface area (Å²) >= 11 is 0. The summed E-state index contributed by atoms with van der Waals surface area (Å²) in [7, 11) is 1.39. The Balaban J connectivity index is 2.52. The fourth-order valence-corrected chi connectivity index (χ4v) is 1.63. The lowest BCUT2D eigenvalue weighted by atomic mass is 9.96. The molecule has 0 aliphatic carbocycles. The molecule has 0 saturated carbocycles. The largest absolute Gasteiger partial charge is 0.466 e. The van der Waals surface area contributed by atoms with Crippen LogP contribution < -0.4 is 0 Å². The van der Waals surface area contributed by atoms with Crippen LogP contribution in [0.5, 0.6) is 0 Å². The number of methoxy groups -OCH3 is 1. The molecule has 1 saturated heterocycles. The van der Waals surface area contributed by atoms with Gasteiger partial charge in [0.2, 0.25) is 0 Å². The van der Waals surface area contributed by atoms with Gasteiger partial charge in [0.05, 0.1) is 13.2 Å². The van der Waals surface area contributed by atoms with E-state index in [0.717, 1.165) is 19.4 Å². The third-order valence-corrected chi connectivity index (χ3v) is 2.52. The Bertz CT molecular complexity index is 233. The van der Waals surface area contributed by atoms with Gasteiger partial charge in [-0.3, -0.25) is 0 Å². The molecule has 1 fully saturated rings. The maximum absolute atomic E-state index is 11.1. The summed E-state index contributed by atoms with van der Waals surface area (Å²) in [5, 5.41) is 0. The van der Waals surface area contributed by atoms with Crippen LogP contribution in [0.15, 0.2) is 11.6 Å². The molecule has 0 aromatic carbocycles. The molecule has 0 amide bonds. The Morgan fingerprint density at radius 3 is 2.86 bits per heavy atom. The Morgan fingerprint density at radius 1 is 1.57 bits per heavy atom. The Hall–Kier alpha value is -0.830. The first kappa shape index (κ1) is 11.2. The van der Waals surface area contributed by atoms with Gasteiger partial charge in [-0.2, -0.15) is 0 Å². The topological polar surface area (TPSA) is 35.5 Å². The van der Waals surface area contributed by atoms with Crippen molar-refractivity contribution < 1.29 is 14.3 Å². The molecule has 0 spiro atoms. The van der Waals surface area contributed by atoms with Crippen LogP contribution >= 0.6 is 0 Å². The maximum atomic E-state index is 11.1. The molecule has 0 unspecified atom stereocenters. The molecule has 0 aromatic heterocycles. The smallest absolute Gasteiger partial charge is 0.333 e. The van der Waals surface area contributed by atoms with Crippen LogP contribution in [0.4, 0.5) is 0 Å². The van der Waals surface area contributed by atoms with Crippen molar-refractivity contribution in [2.45, 2.75) is 32.8 Å². The summed E-state index contributed by atoms with van der Waals surface area (Å²) in [6, 6.07) is 0. The average Bonchev–Trinajstić information content (AvgIpc) is 2.16. The molecular weight excluding hydrogens is 180 g/mol. The van der Waals surface area contributed by atoms with Gasteiger partial charge in [0.25, 0.3) is 0 Å². The minimum atomic E-state index is -0.271. The first-order valence-corrected chi connectivity index (χ1v) is 5.01. The zero-order valence-corrected chi connectivity index (χ0v) is 9.08. The quantitative estimate of drug-likeness (QED) is 0.502. The van der Waals surface area contributed by atoms with Gasteiger partial charge in [-0.15, -0.1) is 0 Å². The van der Waals surface area contributed by atoms with Crippen LogP contribution in [0.2, 0.25) is 0 Å². The predicted octanol–water partition coefficient (Wildman–Crippen LogP) is 1.92. The Labute approximate surface area is 85.1 Å². The van der Waals surface area contributed by atoms with Gasteiger partial charge in [0.1, 0.15) is 0 Å². The molecular formula is C11H18O3. The zero-order chi connectivity index (χ0) is 10.6. The van der Waals surface area contributed by atoms with Gasteiger partial charge in [0.15, 0.2) is 0 Å². The predicted molar refractivity (Wildman–Crippen MR) is 53.9 cm³/mol. The van der Waals surface area contributed by atoms with Crippen molar-refractivity contribution in [2.24, 2.45) is 5.92 Å². The molecule has 1 heterocycles. The van der Waals surface area contributed by atoms with Crippen LogP contribution in [0.1, 0.15) is 26.7 Å². The van der Waals surface area contributed by atoms with Gasteiger partial charge in [-0.05, 0) is 31.8 Å². The molecule has 1 aliphatic heterocycles. The fraction of sp³-hybridized carbons (Fsp3) is 0.727. The normalized spacial score (nSPS) is 28.6. The summed E-state index contributed by atoms with van der Waals surface area (Å²) in [5.41, 5.74) is 0.631. The van der Waals surface area contributed by atoms with Gasteiger partial charge < -0.3 is 9.47 Å². The van der Waals surface area contributed by atoms with Gasteiger partial charge >= 0.3 is 5.97 Å². The van der Waals surface area contributed by atoms with E-state index < -0.39 is 0 Å². The third-order valence-electron chi connectivity index (χ3n) is 2.52. The van der Waals surface area contributed by atoms with E-state index in [4.69, 9.17) is 4.74 Å². The second-order valence-electron chi connectivity index (χ2n) is 3.88. The molecule has 0 bridgehead atoms. The highest BCUT2D eigenvalue weighted by molar-refractivity contribution is 5.87. The molecule has 0 aromatic rings. The summed E-state index contributed by atoms with van der Waals surface area (Å²) in [6.07, 6.45) is 4.05. The van der Waals surface area contributed by atoms with E-state index in [1.807, 2.05) is 6.08 Å².